The molecule has 0 unspecified atom stereocenters. The van der Waals surface area contributed by atoms with Crippen molar-refractivity contribution in [3.63, 3.8) is 0 Å². The number of oxazole rings is 1. The van der Waals surface area contributed by atoms with Gasteiger partial charge in [-0.1, -0.05) is 6.07 Å². The molecule has 1 aromatic heterocycles. The van der Waals surface area contributed by atoms with Gasteiger partial charge in [-0.25, -0.2) is 9.78 Å². The van der Waals surface area contributed by atoms with Gasteiger partial charge < -0.3 is 15.3 Å². The number of nitrogens with two attached hydrogens (primary N) is 1. The molecule has 0 aliphatic carbocycles. The number of fused-ring (bicyclic) bond motifs is 1. The Labute approximate surface area is 84.8 Å². The first-order valence-corrected chi connectivity index (χ1v) is 4.23. The molecule has 0 spiro atoms. The summed E-state index contributed by atoms with van der Waals surface area (Å²) in [5.41, 5.74) is 7.22. The summed E-state index contributed by atoms with van der Waals surface area (Å²) < 4.78 is 5.26. The van der Waals surface area contributed by atoms with Crippen LogP contribution in [0.25, 0.3) is 17.2 Å². The summed E-state index contributed by atoms with van der Waals surface area (Å²) in [6.07, 6.45) is 2.24. The fraction of sp³-hybridized carbons (Fsp3) is 0. The van der Waals surface area contributed by atoms with Crippen LogP contribution in [0.4, 0.5) is 5.69 Å². The molecule has 2 rings (SSSR count). The second kappa shape index (κ2) is 3.45. The zero-order valence-corrected chi connectivity index (χ0v) is 7.68. The highest BCUT2D eigenvalue weighted by Gasteiger charge is 2.05. The average molecular weight is 204 g/mol. The van der Waals surface area contributed by atoms with Crippen LogP contribution >= 0.6 is 0 Å². The molecule has 0 aliphatic rings. The average Bonchev–Trinajstić information content (AvgIpc) is 2.59. The first-order valence-electron chi connectivity index (χ1n) is 4.23. The summed E-state index contributed by atoms with van der Waals surface area (Å²) >= 11 is 0. The van der Waals surface area contributed by atoms with Crippen molar-refractivity contribution in [1.29, 1.82) is 0 Å². The minimum atomic E-state index is -1.05. The maximum atomic E-state index is 10.3. The summed E-state index contributed by atoms with van der Waals surface area (Å²) in [5, 5.41) is 8.42. The van der Waals surface area contributed by atoms with Crippen LogP contribution in [0.15, 0.2) is 28.7 Å². The predicted molar refractivity (Wildman–Crippen MR) is 55.1 cm³/mol. The lowest BCUT2D eigenvalue weighted by molar-refractivity contribution is -0.131. The van der Waals surface area contributed by atoms with Crippen LogP contribution in [0.2, 0.25) is 0 Å². The van der Waals surface area contributed by atoms with E-state index in [0.717, 1.165) is 6.08 Å². The van der Waals surface area contributed by atoms with Crippen LogP contribution in [0.1, 0.15) is 5.89 Å². The third kappa shape index (κ3) is 1.80. The number of carbonyl (C=O) groups is 1. The van der Waals surface area contributed by atoms with E-state index in [4.69, 9.17) is 15.3 Å². The van der Waals surface area contributed by atoms with Gasteiger partial charge in [-0.15, -0.1) is 0 Å². The molecule has 0 amide bonds. The van der Waals surface area contributed by atoms with Crippen LogP contribution in [0, 0.1) is 0 Å². The molecule has 3 N–H and O–H groups in total. The molecule has 0 saturated carbocycles. The predicted octanol–water partition coefficient (Wildman–Crippen LogP) is 1.51. The number of nitrogen functional groups attached to an aromatic ring is 1. The van der Waals surface area contributed by atoms with Gasteiger partial charge in [0.2, 0.25) is 5.89 Å². The Kier molecular flexibility index (Phi) is 2.13. The summed E-state index contributed by atoms with van der Waals surface area (Å²) in [6, 6.07) is 5.19. The number of benzene rings is 1. The van der Waals surface area contributed by atoms with E-state index in [-0.39, 0.29) is 5.89 Å². The first-order chi connectivity index (χ1) is 7.16. The molecule has 5 nitrogen and oxygen atoms in total. The molecule has 1 aromatic carbocycles. The zero-order valence-electron chi connectivity index (χ0n) is 7.68. The molecule has 0 fully saturated rings. The quantitative estimate of drug-likeness (QED) is 0.571. The third-order valence-corrected chi connectivity index (χ3v) is 1.83. The van der Waals surface area contributed by atoms with Gasteiger partial charge >= 0.3 is 5.97 Å². The fourth-order valence-electron chi connectivity index (χ4n) is 1.20. The topological polar surface area (TPSA) is 89.3 Å². The maximum Gasteiger partial charge on any atom is 0.328 e. The second-order valence-corrected chi connectivity index (χ2v) is 2.92. The van der Waals surface area contributed by atoms with E-state index in [1.165, 1.54) is 6.08 Å². The van der Waals surface area contributed by atoms with Gasteiger partial charge in [0.1, 0.15) is 5.52 Å². The summed E-state index contributed by atoms with van der Waals surface area (Å²) in [5.74, 6) is -0.824. The fourth-order valence-corrected chi connectivity index (χ4v) is 1.20. The van der Waals surface area contributed by atoms with Crippen LogP contribution in [-0.2, 0) is 4.79 Å². The van der Waals surface area contributed by atoms with Gasteiger partial charge in [0, 0.05) is 12.2 Å². The van der Waals surface area contributed by atoms with Crippen LogP contribution in [0.5, 0.6) is 0 Å². The summed E-state index contributed by atoms with van der Waals surface area (Å²) in [7, 11) is 0. The van der Waals surface area contributed by atoms with Gasteiger partial charge in [0.05, 0.1) is 5.69 Å². The first kappa shape index (κ1) is 9.26. The molecule has 2 aromatic rings. The molecule has 0 aliphatic heterocycles. The highest BCUT2D eigenvalue weighted by molar-refractivity contribution is 5.87. The van der Waals surface area contributed by atoms with Crippen molar-refractivity contribution in [1.82, 2.24) is 4.98 Å². The van der Waals surface area contributed by atoms with Crippen LogP contribution in [0.3, 0.4) is 0 Å². The number of anilines is 1. The van der Waals surface area contributed by atoms with Crippen molar-refractivity contribution < 1.29 is 14.3 Å². The molecule has 0 atom stereocenters. The third-order valence-electron chi connectivity index (χ3n) is 1.83. The Hall–Kier alpha value is -2.30. The van der Waals surface area contributed by atoms with Crippen molar-refractivity contribution >= 4 is 28.8 Å². The van der Waals surface area contributed by atoms with Gasteiger partial charge in [-0.2, -0.15) is 0 Å². The minimum absolute atomic E-state index is 0.227. The lowest BCUT2D eigenvalue weighted by atomic mass is 10.3. The van der Waals surface area contributed by atoms with Gasteiger partial charge in [-0.05, 0) is 12.1 Å². The van der Waals surface area contributed by atoms with Crippen molar-refractivity contribution in [2.24, 2.45) is 0 Å². The van der Waals surface area contributed by atoms with E-state index in [2.05, 4.69) is 4.98 Å². The number of nitrogens with zero attached hydrogens (tertiary/aromatic N) is 1. The van der Waals surface area contributed by atoms with E-state index in [1.807, 2.05) is 0 Å². The molecule has 15 heavy (non-hydrogen) atoms. The van der Waals surface area contributed by atoms with Gasteiger partial charge in [0.15, 0.2) is 5.58 Å². The number of carboxylic acid groups (broad SMARTS) is 1. The smallest absolute Gasteiger partial charge is 0.328 e. The summed E-state index contributed by atoms with van der Waals surface area (Å²) in [6.45, 7) is 0. The van der Waals surface area contributed by atoms with Crippen molar-refractivity contribution in [3.8, 4) is 0 Å². The molecule has 76 valence electrons. The van der Waals surface area contributed by atoms with E-state index in [9.17, 15) is 4.79 Å². The van der Waals surface area contributed by atoms with Gasteiger partial charge in [-0.3, -0.25) is 0 Å². The minimum Gasteiger partial charge on any atom is -0.478 e. The lowest BCUT2D eigenvalue weighted by Gasteiger charge is -1.89. The van der Waals surface area contributed by atoms with E-state index in [0.29, 0.717) is 16.8 Å². The molecular weight excluding hydrogens is 196 g/mol. The largest absolute Gasteiger partial charge is 0.478 e. The van der Waals surface area contributed by atoms with Crippen LogP contribution in [-0.4, -0.2) is 16.1 Å². The normalized spacial score (nSPS) is 11.2. The number of aromatic nitrogens is 1. The highest BCUT2D eigenvalue weighted by atomic mass is 16.4. The Morgan fingerprint density at radius 3 is 3.00 bits per heavy atom. The Morgan fingerprint density at radius 2 is 2.33 bits per heavy atom. The monoisotopic (exact) mass is 204 g/mol. The molecular formula is C10H8N2O3. The lowest BCUT2D eigenvalue weighted by Crippen LogP contribution is -1.85. The van der Waals surface area contributed by atoms with Crippen molar-refractivity contribution in [2.75, 3.05) is 5.73 Å². The standard InChI is InChI=1S/C10H8N2O3/c11-6-2-1-3-7-10(6)15-8(12-7)4-5-9(13)14/h1-5H,11H2,(H,13,14)/b5-4+. The molecule has 1 heterocycles. The molecule has 5 heteroatoms. The number of carboxylic acids is 1. The Balaban J connectivity index is 2.48. The van der Waals surface area contributed by atoms with E-state index < -0.39 is 5.97 Å². The number of rotatable bonds is 2. The summed E-state index contributed by atoms with van der Waals surface area (Å²) in [4.78, 5) is 14.3. The van der Waals surface area contributed by atoms with E-state index in [1.54, 1.807) is 18.2 Å². The van der Waals surface area contributed by atoms with E-state index >= 15 is 0 Å². The number of aliphatic carboxylic acids is 1. The van der Waals surface area contributed by atoms with Gasteiger partial charge in [0.25, 0.3) is 0 Å². The Bertz CT molecular complexity index is 543. The molecule has 0 saturated heterocycles. The van der Waals surface area contributed by atoms with Crippen LogP contribution < -0.4 is 5.73 Å². The number of hydrogen-bond acceptors (Lipinski definition) is 4. The maximum absolute atomic E-state index is 10.3. The zero-order chi connectivity index (χ0) is 10.8. The Morgan fingerprint density at radius 1 is 1.53 bits per heavy atom. The number of para-hydroxylation sites is 1. The van der Waals surface area contributed by atoms with Crippen molar-refractivity contribution in [2.45, 2.75) is 0 Å². The highest BCUT2D eigenvalue weighted by Crippen LogP contribution is 2.21. The number of hydrogen-bond donors (Lipinski definition) is 2. The molecule has 0 bridgehead atoms. The van der Waals surface area contributed by atoms with Crippen molar-refractivity contribution in [3.05, 3.63) is 30.2 Å². The molecule has 0 radical (unpaired) electrons. The second-order valence-electron chi connectivity index (χ2n) is 2.92. The SMILES string of the molecule is Nc1cccc2nc(/C=C/C(=O)O)oc12.